The maximum atomic E-state index is 8.81. The molecule has 0 saturated carbocycles. The molecule has 0 bridgehead atoms. The van der Waals surface area contributed by atoms with Gasteiger partial charge in [0, 0.05) is 13.2 Å². The van der Waals surface area contributed by atoms with E-state index in [0.717, 1.165) is 45.6 Å². The molecule has 0 saturated heterocycles. The first-order valence-electron chi connectivity index (χ1n) is 5.82. The van der Waals surface area contributed by atoms with E-state index in [-0.39, 0.29) is 5.41 Å². The van der Waals surface area contributed by atoms with Gasteiger partial charge in [0.1, 0.15) is 0 Å². The largest absolute Gasteiger partial charge is 0.382 e. The highest BCUT2D eigenvalue weighted by atomic mass is 16.5. The van der Waals surface area contributed by atoms with Crippen LogP contribution in [0.2, 0.25) is 0 Å². The summed E-state index contributed by atoms with van der Waals surface area (Å²) in [5, 5.41) is 12.2. The highest BCUT2D eigenvalue weighted by Crippen LogP contribution is 2.19. The van der Waals surface area contributed by atoms with Crippen molar-refractivity contribution >= 4 is 0 Å². The molecule has 88 valence electrons. The Morgan fingerprint density at radius 1 is 1.27 bits per heavy atom. The van der Waals surface area contributed by atoms with Crippen LogP contribution in [0.4, 0.5) is 0 Å². The number of hydrogen-bond acceptors (Lipinski definition) is 3. The van der Waals surface area contributed by atoms with E-state index in [1.165, 1.54) is 0 Å². The van der Waals surface area contributed by atoms with Crippen molar-refractivity contribution in [2.75, 3.05) is 26.3 Å². The molecule has 0 heterocycles. The smallest absolute Gasteiger partial charge is 0.0683 e. The zero-order valence-corrected chi connectivity index (χ0v) is 10.3. The molecule has 15 heavy (non-hydrogen) atoms. The second-order valence-corrected chi connectivity index (χ2v) is 4.40. The van der Waals surface area contributed by atoms with Crippen LogP contribution >= 0.6 is 0 Å². The third-order valence-corrected chi connectivity index (χ3v) is 2.30. The van der Waals surface area contributed by atoms with Crippen LogP contribution < -0.4 is 5.32 Å². The summed E-state index contributed by atoms with van der Waals surface area (Å²) < 4.78 is 5.23. The fraction of sp³-hybridized carbons (Fsp3) is 0.917. The molecule has 3 nitrogen and oxygen atoms in total. The first-order chi connectivity index (χ1) is 7.12. The molecule has 0 amide bonds. The summed E-state index contributed by atoms with van der Waals surface area (Å²) in [5.74, 6) is 0. The van der Waals surface area contributed by atoms with Crippen molar-refractivity contribution < 1.29 is 4.74 Å². The number of ether oxygens (including phenoxy) is 1. The van der Waals surface area contributed by atoms with Crippen molar-refractivity contribution in [2.24, 2.45) is 5.41 Å². The minimum atomic E-state index is -0.174. The molecule has 0 aliphatic rings. The van der Waals surface area contributed by atoms with Gasteiger partial charge in [-0.1, -0.05) is 0 Å². The van der Waals surface area contributed by atoms with Crippen LogP contribution in [0.1, 0.15) is 40.0 Å². The van der Waals surface area contributed by atoms with E-state index in [1.807, 2.05) is 20.8 Å². The first-order valence-corrected chi connectivity index (χ1v) is 5.82. The van der Waals surface area contributed by atoms with Gasteiger partial charge in [-0.3, -0.25) is 0 Å². The number of rotatable bonds is 9. The van der Waals surface area contributed by atoms with Crippen LogP contribution in [0.5, 0.6) is 0 Å². The van der Waals surface area contributed by atoms with E-state index in [9.17, 15) is 0 Å². The number of nitrogens with one attached hydrogen (secondary N) is 1. The molecule has 0 aromatic rings. The lowest BCUT2D eigenvalue weighted by Crippen LogP contribution is -2.20. The van der Waals surface area contributed by atoms with E-state index in [1.54, 1.807) is 0 Å². The first kappa shape index (κ1) is 14.4. The maximum absolute atomic E-state index is 8.81. The standard InChI is InChI=1S/C12H24N2O/c1-4-15-10-6-9-14-8-5-7-12(2,3)11-13/h14H,4-10H2,1-3H3. The normalized spacial score (nSPS) is 11.3. The van der Waals surface area contributed by atoms with Crippen LogP contribution in [-0.2, 0) is 4.74 Å². The second kappa shape index (κ2) is 8.70. The number of nitriles is 1. The van der Waals surface area contributed by atoms with Crippen LogP contribution in [-0.4, -0.2) is 26.3 Å². The molecular weight excluding hydrogens is 188 g/mol. The van der Waals surface area contributed by atoms with Gasteiger partial charge in [0.2, 0.25) is 0 Å². The van der Waals surface area contributed by atoms with Gasteiger partial charge in [-0.2, -0.15) is 5.26 Å². The summed E-state index contributed by atoms with van der Waals surface area (Å²) in [5.41, 5.74) is -0.174. The molecule has 0 spiro atoms. The molecule has 0 rings (SSSR count). The van der Waals surface area contributed by atoms with Crippen molar-refractivity contribution in [3.8, 4) is 6.07 Å². The van der Waals surface area contributed by atoms with E-state index in [2.05, 4.69) is 11.4 Å². The quantitative estimate of drug-likeness (QED) is 0.597. The van der Waals surface area contributed by atoms with Crippen molar-refractivity contribution in [2.45, 2.75) is 40.0 Å². The van der Waals surface area contributed by atoms with Crippen molar-refractivity contribution in [3.05, 3.63) is 0 Å². The average molecular weight is 212 g/mol. The van der Waals surface area contributed by atoms with Crippen LogP contribution in [0.15, 0.2) is 0 Å². The third-order valence-electron chi connectivity index (χ3n) is 2.30. The summed E-state index contributed by atoms with van der Waals surface area (Å²) >= 11 is 0. The van der Waals surface area contributed by atoms with Crippen molar-refractivity contribution in [1.29, 1.82) is 5.26 Å². The molecule has 1 N–H and O–H groups in total. The summed E-state index contributed by atoms with van der Waals surface area (Å²) in [6, 6.07) is 2.31. The molecule has 0 aromatic carbocycles. The lowest BCUT2D eigenvalue weighted by Gasteiger charge is -2.14. The molecule has 0 unspecified atom stereocenters. The third kappa shape index (κ3) is 9.71. The Morgan fingerprint density at radius 3 is 2.53 bits per heavy atom. The molecule has 3 heteroatoms. The molecule has 0 fully saturated rings. The van der Waals surface area contributed by atoms with Gasteiger partial charge in [-0.25, -0.2) is 0 Å². The minimum absolute atomic E-state index is 0.174. The highest BCUT2D eigenvalue weighted by Gasteiger charge is 2.14. The molecule has 0 radical (unpaired) electrons. The monoisotopic (exact) mass is 212 g/mol. The molecule has 0 aliphatic heterocycles. The van der Waals surface area contributed by atoms with Crippen LogP contribution in [0.25, 0.3) is 0 Å². The Labute approximate surface area is 93.8 Å². The van der Waals surface area contributed by atoms with Gasteiger partial charge in [0.15, 0.2) is 0 Å². The van der Waals surface area contributed by atoms with E-state index in [0.29, 0.717) is 0 Å². The van der Waals surface area contributed by atoms with Crippen molar-refractivity contribution in [3.63, 3.8) is 0 Å². The molecule has 0 aliphatic carbocycles. The Balaban J connectivity index is 3.16. The zero-order chi connectivity index (χ0) is 11.6. The lowest BCUT2D eigenvalue weighted by atomic mass is 9.90. The Morgan fingerprint density at radius 2 is 1.93 bits per heavy atom. The predicted molar refractivity (Wildman–Crippen MR) is 62.6 cm³/mol. The van der Waals surface area contributed by atoms with Gasteiger partial charge in [-0.15, -0.1) is 0 Å². The van der Waals surface area contributed by atoms with Gasteiger partial charge in [-0.05, 0) is 53.1 Å². The summed E-state index contributed by atoms with van der Waals surface area (Å²) in [7, 11) is 0. The van der Waals surface area contributed by atoms with E-state index in [4.69, 9.17) is 10.00 Å². The average Bonchev–Trinajstić information content (AvgIpc) is 2.22. The van der Waals surface area contributed by atoms with Crippen LogP contribution in [0.3, 0.4) is 0 Å². The fourth-order valence-corrected chi connectivity index (χ4v) is 1.28. The minimum Gasteiger partial charge on any atom is -0.382 e. The van der Waals surface area contributed by atoms with Gasteiger partial charge < -0.3 is 10.1 Å². The van der Waals surface area contributed by atoms with Gasteiger partial charge in [0.05, 0.1) is 11.5 Å². The van der Waals surface area contributed by atoms with Gasteiger partial charge in [0.25, 0.3) is 0 Å². The van der Waals surface area contributed by atoms with Crippen LogP contribution in [0, 0.1) is 16.7 Å². The van der Waals surface area contributed by atoms with Crippen molar-refractivity contribution in [1.82, 2.24) is 5.32 Å². The maximum Gasteiger partial charge on any atom is 0.0683 e. The summed E-state index contributed by atoms with van der Waals surface area (Å²) in [6.45, 7) is 9.63. The Hall–Kier alpha value is -0.590. The van der Waals surface area contributed by atoms with E-state index < -0.39 is 0 Å². The predicted octanol–water partition coefficient (Wildman–Crippen LogP) is 2.33. The Kier molecular flexibility index (Phi) is 8.35. The number of nitrogens with zero attached hydrogens (tertiary/aromatic N) is 1. The number of hydrogen-bond donors (Lipinski definition) is 1. The second-order valence-electron chi connectivity index (χ2n) is 4.40. The summed E-state index contributed by atoms with van der Waals surface area (Å²) in [6.07, 6.45) is 3.09. The fourth-order valence-electron chi connectivity index (χ4n) is 1.28. The SMILES string of the molecule is CCOCCCNCCCC(C)(C)C#N. The molecular formula is C12H24N2O. The lowest BCUT2D eigenvalue weighted by molar-refractivity contribution is 0.144. The molecule has 0 atom stereocenters. The molecule has 0 aromatic heterocycles. The Bertz CT molecular complexity index is 185. The topological polar surface area (TPSA) is 45.0 Å². The van der Waals surface area contributed by atoms with Gasteiger partial charge >= 0.3 is 0 Å². The summed E-state index contributed by atoms with van der Waals surface area (Å²) in [4.78, 5) is 0. The highest BCUT2D eigenvalue weighted by molar-refractivity contribution is 4.91. The van der Waals surface area contributed by atoms with E-state index >= 15 is 0 Å². The zero-order valence-electron chi connectivity index (χ0n) is 10.3.